The number of hydrogen-bond donors (Lipinski definition) is 2. The summed E-state index contributed by atoms with van der Waals surface area (Å²) < 4.78 is 4.46. The first-order valence-electron chi connectivity index (χ1n) is 5.55. The van der Waals surface area contributed by atoms with Crippen molar-refractivity contribution in [2.24, 2.45) is 5.92 Å². The predicted octanol–water partition coefficient (Wildman–Crippen LogP) is 0.300. The number of amides is 1. The van der Waals surface area contributed by atoms with E-state index in [-0.39, 0.29) is 24.5 Å². The van der Waals surface area contributed by atoms with Crippen molar-refractivity contribution >= 4 is 11.9 Å². The molecule has 0 aromatic heterocycles. The molecule has 0 rings (SSSR count). The SMILES string of the molecule is COC(=O)CNC(C)C(=O)NCCC(C)C. The fourth-order valence-electron chi connectivity index (χ4n) is 1.04. The van der Waals surface area contributed by atoms with Crippen molar-refractivity contribution < 1.29 is 14.3 Å². The van der Waals surface area contributed by atoms with Gasteiger partial charge in [0.1, 0.15) is 0 Å². The molecule has 0 aliphatic rings. The van der Waals surface area contributed by atoms with Crippen molar-refractivity contribution in [3.63, 3.8) is 0 Å². The number of esters is 1. The van der Waals surface area contributed by atoms with Crippen LogP contribution in [0.2, 0.25) is 0 Å². The zero-order valence-corrected chi connectivity index (χ0v) is 10.5. The highest BCUT2D eigenvalue weighted by molar-refractivity contribution is 5.82. The van der Waals surface area contributed by atoms with E-state index in [0.29, 0.717) is 12.5 Å². The highest BCUT2D eigenvalue weighted by Gasteiger charge is 2.13. The van der Waals surface area contributed by atoms with Crippen molar-refractivity contribution in [3.8, 4) is 0 Å². The minimum atomic E-state index is -0.383. The van der Waals surface area contributed by atoms with Gasteiger partial charge in [-0.15, -0.1) is 0 Å². The van der Waals surface area contributed by atoms with Crippen molar-refractivity contribution in [3.05, 3.63) is 0 Å². The predicted molar refractivity (Wildman–Crippen MR) is 61.9 cm³/mol. The lowest BCUT2D eigenvalue weighted by Crippen LogP contribution is -2.44. The Labute approximate surface area is 96.9 Å². The summed E-state index contributed by atoms with van der Waals surface area (Å²) in [5.41, 5.74) is 0. The van der Waals surface area contributed by atoms with Crippen LogP contribution in [-0.2, 0) is 14.3 Å². The van der Waals surface area contributed by atoms with E-state index in [4.69, 9.17) is 0 Å². The first kappa shape index (κ1) is 14.9. The topological polar surface area (TPSA) is 67.4 Å². The second kappa shape index (κ2) is 8.10. The molecule has 0 saturated heterocycles. The van der Waals surface area contributed by atoms with Gasteiger partial charge >= 0.3 is 5.97 Å². The molecule has 1 unspecified atom stereocenters. The van der Waals surface area contributed by atoms with E-state index in [1.54, 1.807) is 6.92 Å². The van der Waals surface area contributed by atoms with Crippen LogP contribution in [0, 0.1) is 5.92 Å². The Morgan fingerprint density at radius 2 is 1.88 bits per heavy atom. The van der Waals surface area contributed by atoms with Gasteiger partial charge in [0.05, 0.1) is 19.7 Å². The van der Waals surface area contributed by atoms with Crippen molar-refractivity contribution in [2.45, 2.75) is 33.2 Å². The summed E-state index contributed by atoms with van der Waals surface area (Å²) in [6.45, 7) is 6.64. The molecule has 0 aromatic carbocycles. The monoisotopic (exact) mass is 230 g/mol. The molecule has 0 saturated carbocycles. The quantitative estimate of drug-likeness (QED) is 0.617. The third-order valence-corrected chi connectivity index (χ3v) is 2.19. The van der Waals surface area contributed by atoms with Gasteiger partial charge in [0.15, 0.2) is 0 Å². The average molecular weight is 230 g/mol. The Kier molecular flexibility index (Phi) is 7.54. The lowest BCUT2D eigenvalue weighted by Gasteiger charge is -2.13. The van der Waals surface area contributed by atoms with Crippen LogP contribution in [-0.4, -0.2) is 38.1 Å². The fraction of sp³-hybridized carbons (Fsp3) is 0.818. The largest absolute Gasteiger partial charge is 0.468 e. The Balaban J connectivity index is 3.69. The molecule has 0 bridgehead atoms. The van der Waals surface area contributed by atoms with Crippen molar-refractivity contribution in [1.82, 2.24) is 10.6 Å². The Morgan fingerprint density at radius 1 is 1.25 bits per heavy atom. The standard InChI is InChI=1S/C11H22N2O3/c1-8(2)5-6-12-11(15)9(3)13-7-10(14)16-4/h8-9,13H,5-7H2,1-4H3,(H,12,15). The minimum Gasteiger partial charge on any atom is -0.468 e. The van der Waals surface area contributed by atoms with E-state index in [1.807, 2.05) is 0 Å². The highest BCUT2D eigenvalue weighted by Crippen LogP contribution is 1.96. The molecule has 1 atom stereocenters. The zero-order chi connectivity index (χ0) is 12.6. The summed E-state index contributed by atoms with van der Waals surface area (Å²) in [6.07, 6.45) is 0.954. The molecule has 5 nitrogen and oxygen atoms in total. The second-order valence-corrected chi connectivity index (χ2v) is 4.15. The van der Waals surface area contributed by atoms with E-state index in [9.17, 15) is 9.59 Å². The van der Waals surface area contributed by atoms with Gasteiger partial charge in [-0.05, 0) is 19.3 Å². The third-order valence-electron chi connectivity index (χ3n) is 2.19. The van der Waals surface area contributed by atoms with Gasteiger partial charge in [0, 0.05) is 6.54 Å². The first-order valence-corrected chi connectivity index (χ1v) is 5.55. The number of rotatable bonds is 7. The maximum atomic E-state index is 11.5. The molecule has 0 heterocycles. The van der Waals surface area contributed by atoms with Crippen LogP contribution in [0.5, 0.6) is 0 Å². The zero-order valence-electron chi connectivity index (χ0n) is 10.5. The Morgan fingerprint density at radius 3 is 2.38 bits per heavy atom. The summed E-state index contributed by atoms with van der Waals surface area (Å²) in [5, 5.41) is 5.59. The lowest BCUT2D eigenvalue weighted by atomic mass is 10.1. The molecule has 5 heteroatoms. The van der Waals surface area contributed by atoms with Gasteiger partial charge in [-0.1, -0.05) is 13.8 Å². The van der Waals surface area contributed by atoms with Gasteiger partial charge in [-0.3, -0.25) is 14.9 Å². The maximum Gasteiger partial charge on any atom is 0.319 e. The van der Waals surface area contributed by atoms with Gasteiger partial charge in [0.25, 0.3) is 0 Å². The van der Waals surface area contributed by atoms with Gasteiger partial charge in [-0.25, -0.2) is 0 Å². The van der Waals surface area contributed by atoms with Crippen molar-refractivity contribution in [1.29, 1.82) is 0 Å². The number of carbonyl (C=O) groups is 2. The van der Waals surface area contributed by atoms with Crippen LogP contribution in [0.15, 0.2) is 0 Å². The molecule has 0 aliphatic heterocycles. The van der Waals surface area contributed by atoms with E-state index in [1.165, 1.54) is 7.11 Å². The molecule has 0 aromatic rings. The Hall–Kier alpha value is -1.10. The summed E-state index contributed by atoms with van der Waals surface area (Å²) in [6, 6.07) is -0.383. The fourth-order valence-corrected chi connectivity index (χ4v) is 1.04. The number of nitrogens with one attached hydrogen (secondary N) is 2. The summed E-state index contributed by atoms with van der Waals surface area (Å²) >= 11 is 0. The first-order chi connectivity index (χ1) is 7.47. The number of ether oxygens (including phenoxy) is 1. The molecule has 94 valence electrons. The number of hydrogen-bond acceptors (Lipinski definition) is 4. The summed E-state index contributed by atoms with van der Waals surface area (Å²) in [4.78, 5) is 22.3. The average Bonchev–Trinajstić information content (AvgIpc) is 2.24. The molecule has 0 aliphatic carbocycles. The summed E-state index contributed by atoms with van der Waals surface area (Å²) in [5.74, 6) is 0.102. The van der Waals surface area contributed by atoms with Crippen LogP contribution in [0.3, 0.4) is 0 Å². The molecule has 0 radical (unpaired) electrons. The molecule has 0 fully saturated rings. The van der Waals surface area contributed by atoms with Gasteiger partial charge in [0.2, 0.25) is 5.91 Å². The molecule has 16 heavy (non-hydrogen) atoms. The molecule has 1 amide bonds. The lowest BCUT2D eigenvalue weighted by molar-refractivity contribution is -0.139. The smallest absolute Gasteiger partial charge is 0.319 e. The van der Waals surface area contributed by atoms with Crippen molar-refractivity contribution in [2.75, 3.05) is 20.2 Å². The van der Waals surface area contributed by atoms with Crippen LogP contribution in [0.1, 0.15) is 27.2 Å². The van der Waals surface area contributed by atoms with Crippen LogP contribution < -0.4 is 10.6 Å². The molecule has 0 spiro atoms. The maximum absolute atomic E-state index is 11.5. The van der Waals surface area contributed by atoms with E-state index in [0.717, 1.165) is 6.42 Å². The highest BCUT2D eigenvalue weighted by atomic mass is 16.5. The number of carbonyl (C=O) groups excluding carboxylic acids is 2. The van der Waals surface area contributed by atoms with Gasteiger partial charge in [-0.2, -0.15) is 0 Å². The normalized spacial score (nSPS) is 12.3. The molecule has 2 N–H and O–H groups in total. The van der Waals surface area contributed by atoms with Crippen LogP contribution in [0.25, 0.3) is 0 Å². The van der Waals surface area contributed by atoms with Crippen LogP contribution in [0.4, 0.5) is 0 Å². The van der Waals surface area contributed by atoms with E-state index >= 15 is 0 Å². The summed E-state index contributed by atoms with van der Waals surface area (Å²) in [7, 11) is 1.32. The Bertz CT molecular complexity index is 229. The van der Waals surface area contributed by atoms with Crippen LogP contribution >= 0.6 is 0 Å². The molecular formula is C11H22N2O3. The molecular weight excluding hydrogens is 208 g/mol. The second-order valence-electron chi connectivity index (χ2n) is 4.15. The van der Waals surface area contributed by atoms with E-state index < -0.39 is 0 Å². The van der Waals surface area contributed by atoms with Gasteiger partial charge < -0.3 is 10.1 Å². The minimum absolute atomic E-state index is 0.0509. The third kappa shape index (κ3) is 7.23. The number of methoxy groups -OCH3 is 1. The van der Waals surface area contributed by atoms with E-state index in [2.05, 4.69) is 29.2 Å².